The minimum absolute atomic E-state index is 0.0369. The Labute approximate surface area is 172 Å². The number of carbonyl (C=O) groups is 2. The molecule has 0 radical (unpaired) electrons. The number of nitrogens with two attached hydrogens (primary N) is 1. The number of aliphatic carboxylic acids is 1. The molecule has 164 valence electrons. The molecular formula is C19H27F3N2O4S. The predicted molar refractivity (Wildman–Crippen MR) is 105 cm³/mol. The molecule has 4 N–H and O–H groups in total. The molecule has 1 amide bonds. The maximum absolute atomic E-state index is 12.5. The second-order valence-electron chi connectivity index (χ2n) is 7.23. The summed E-state index contributed by atoms with van der Waals surface area (Å²) in [5, 5.41) is 17.2. The molecule has 0 saturated carbocycles. The summed E-state index contributed by atoms with van der Waals surface area (Å²) in [7, 11) is 0. The number of nitrogens with zero attached hydrogens (tertiary/aromatic N) is 1. The van der Waals surface area contributed by atoms with Gasteiger partial charge < -0.3 is 20.8 Å². The summed E-state index contributed by atoms with van der Waals surface area (Å²) >= 11 is 1.55. The van der Waals surface area contributed by atoms with E-state index in [2.05, 4.69) is 0 Å². The van der Waals surface area contributed by atoms with Crippen molar-refractivity contribution in [1.29, 1.82) is 0 Å². The molecule has 10 heteroatoms. The van der Waals surface area contributed by atoms with Crippen LogP contribution in [-0.2, 0) is 15.3 Å². The van der Waals surface area contributed by atoms with E-state index in [1.807, 2.05) is 35.2 Å². The largest absolute Gasteiger partial charge is 0.490 e. The van der Waals surface area contributed by atoms with Crippen molar-refractivity contribution < 1.29 is 33.0 Å². The lowest BCUT2D eigenvalue weighted by Gasteiger charge is -2.34. The molecule has 1 heterocycles. The Morgan fingerprint density at radius 2 is 1.66 bits per heavy atom. The van der Waals surface area contributed by atoms with Crippen LogP contribution in [0.15, 0.2) is 30.3 Å². The van der Waals surface area contributed by atoms with Crippen molar-refractivity contribution in [3.05, 3.63) is 35.9 Å². The van der Waals surface area contributed by atoms with Crippen LogP contribution in [0.25, 0.3) is 0 Å². The highest BCUT2D eigenvalue weighted by Gasteiger charge is 2.39. The number of carbonyl (C=O) groups excluding carboxylic acids is 1. The Bertz CT molecular complexity index is 660. The van der Waals surface area contributed by atoms with E-state index in [1.165, 1.54) is 5.56 Å². The minimum atomic E-state index is -5.08. The van der Waals surface area contributed by atoms with Crippen molar-refractivity contribution in [2.24, 2.45) is 5.73 Å². The zero-order valence-electron chi connectivity index (χ0n) is 16.4. The van der Waals surface area contributed by atoms with Gasteiger partial charge in [0, 0.05) is 18.8 Å². The molecule has 0 aromatic heterocycles. The molecule has 0 bridgehead atoms. The van der Waals surface area contributed by atoms with E-state index in [-0.39, 0.29) is 11.2 Å². The molecule has 1 saturated heterocycles. The summed E-state index contributed by atoms with van der Waals surface area (Å²) in [4.78, 5) is 23.2. The average Bonchev–Trinajstić information content (AvgIpc) is 3.15. The van der Waals surface area contributed by atoms with Crippen LogP contribution in [0.5, 0.6) is 0 Å². The predicted octanol–water partition coefficient (Wildman–Crippen LogP) is 2.64. The fourth-order valence-electron chi connectivity index (χ4n) is 2.79. The Morgan fingerprint density at radius 1 is 1.17 bits per heavy atom. The lowest BCUT2D eigenvalue weighted by Crippen LogP contribution is -2.55. The molecule has 1 aliphatic heterocycles. The van der Waals surface area contributed by atoms with E-state index in [0.29, 0.717) is 0 Å². The summed E-state index contributed by atoms with van der Waals surface area (Å²) < 4.78 is 31.7. The van der Waals surface area contributed by atoms with Gasteiger partial charge in [-0.15, -0.1) is 11.8 Å². The SMILES string of the molecule is CC(C)(O)C(SCc1ccccc1)C(N)C(=O)N1CCCC1.O=C(O)C(F)(F)F. The zero-order valence-corrected chi connectivity index (χ0v) is 17.2. The smallest absolute Gasteiger partial charge is 0.475 e. The molecule has 29 heavy (non-hydrogen) atoms. The molecule has 2 atom stereocenters. The average molecular weight is 436 g/mol. The first kappa shape index (κ1) is 25.3. The number of halogens is 3. The first-order valence-electron chi connectivity index (χ1n) is 9.06. The molecule has 0 spiro atoms. The van der Waals surface area contributed by atoms with E-state index in [1.54, 1.807) is 25.6 Å². The highest BCUT2D eigenvalue weighted by molar-refractivity contribution is 7.99. The number of thioether (sulfide) groups is 1. The highest BCUT2D eigenvalue weighted by atomic mass is 32.2. The van der Waals surface area contributed by atoms with E-state index in [9.17, 15) is 23.1 Å². The summed E-state index contributed by atoms with van der Waals surface area (Å²) in [6.45, 7) is 5.03. The number of aliphatic hydroxyl groups is 1. The lowest BCUT2D eigenvalue weighted by molar-refractivity contribution is -0.192. The Morgan fingerprint density at radius 3 is 2.07 bits per heavy atom. The van der Waals surface area contributed by atoms with Crippen molar-refractivity contribution in [2.45, 2.75) is 55.5 Å². The third-order valence-corrected chi connectivity index (χ3v) is 5.97. The Balaban J connectivity index is 0.000000516. The van der Waals surface area contributed by atoms with Crippen LogP contribution in [-0.4, -0.2) is 63.1 Å². The lowest BCUT2D eigenvalue weighted by atomic mass is 9.98. The minimum Gasteiger partial charge on any atom is -0.475 e. The third kappa shape index (κ3) is 8.63. The summed E-state index contributed by atoms with van der Waals surface area (Å²) in [6, 6.07) is 9.37. The molecule has 1 aromatic rings. The monoisotopic (exact) mass is 436 g/mol. The van der Waals surface area contributed by atoms with Gasteiger partial charge in [-0.1, -0.05) is 30.3 Å². The quantitative estimate of drug-likeness (QED) is 0.633. The normalized spacial score (nSPS) is 16.6. The number of alkyl halides is 3. The van der Waals surface area contributed by atoms with Crippen LogP contribution in [0.1, 0.15) is 32.3 Å². The molecule has 1 fully saturated rings. The first-order valence-corrected chi connectivity index (χ1v) is 10.1. The number of hydrogen-bond acceptors (Lipinski definition) is 5. The molecule has 1 aromatic carbocycles. The van der Waals surface area contributed by atoms with Gasteiger partial charge in [-0.2, -0.15) is 13.2 Å². The second-order valence-corrected chi connectivity index (χ2v) is 8.36. The number of benzene rings is 1. The van der Waals surface area contributed by atoms with Gasteiger partial charge in [-0.25, -0.2) is 4.79 Å². The maximum Gasteiger partial charge on any atom is 0.490 e. The Hall–Kier alpha value is -1.78. The van der Waals surface area contributed by atoms with Gasteiger partial charge in [0.2, 0.25) is 5.91 Å². The summed E-state index contributed by atoms with van der Waals surface area (Å²) in [6.07, 6.45) is -2.99. The van der Waals surface area contributed by atoms with Crippen molar-refractivity contribution >= 4 is 23.6 Å². The van der Waals surface area contributed by atoms with Crippen LogP contribution in [0.2, 0.25) is 0 Å². The maximum atomic E-state index is 12.5. The summed E-state index contributed by atoms with van der Waals surface area (Å²) in [5.74, 6) is -2.06. The first-order chi connectivity index (χ1) is 13.3. The van der Waals surface area contributed by atoms with Crippen molar-refractivity contribution in [3.8, 4) is 0 Å². The third-order valence-electron chi connectivity index (χ3n) is 4.24. The van der Waals surface area contributed by atoms with Crippen LogP contribution in [0.4, 0.5) is 13.2 Å². The highest BCUT2D eigenvalue weighted by Crippen LogP contribution is 2.29. The van der Waals surface area contributed by atoms with E-state index < -0.39 is 23.8 Å². The standard InChI is InChI=1S/C17H26N2O2S.C2HF3O2/c1-17(2,21)15(22-12-13-8-4-3-5-9-13)14(18)16(20)19-10-6-7-11-19;3-2(4,5)1(6)7/h3-5,8-9,14-15,21H,6-7,10-12,18H2,1-2H3;(H,6,7). The van der Waals surface area contributed by atoms with E-state index in [4.69, 9.17) is 15.6 Å². The van der Waals surface area contributed by atoms with Crippen LogP contribution < -0.4 is 5.73 Å². The molecule has 6 nitrogen and oxygen atoms in total. The van der Waals surface area contributed by atoms with Gasteiger partial charge >= 0.3 is 12.1 Å². The van der Waals surface area contributed by atoms with E-state index >= 15 is 0 Å². The van der Waals surface area contributed by atoms with Crippen LogP contribution in [0, 0.1) is 0 Å². The number of hydrogen-bond donors (Lipinski definition) is 3. The fraction of sp³-hybridized carbons (Fsp3) is 0.579. The number of rotatable bonds is 6. The molecule has 2 rings (SSSR count). The van der Waals surface area contributed by atoms with E-state index in [0.717, 1.165) is 31.7 Å². The van der Waals surface area contributed by atoms with Gasteiger partial charge in [-0.3, -0.25) is 4.79 Å². The van der Waals surface area contributed by atoms with Crippen molar-refractivity contribution in [3.63, 3.8) is 0 Å². The molecule has 2 unspecified atom stereocenters. The second kappa shape index (κ2) is 10.8. The van der Waals surface area contributed by atoms with Gasteiger partial charge in [-0.05, 0) is 32.3 Å². The van der Waals surface area contributed by atoms with Crippen LogP contribution >= 0.6 is 11.8 Å². The Kier molecular flexibility index (Phi) is 9.44. The van der Waals surface area contributed by atoms with Crippen LogP contribution in [0.3, 0.4) is 0 Å². The van der Waals surface area contributed by atoms with Crippen molar-refractivity contribution in [2.75, 3.05) is 13.1 Å². The molecule has 0 aliphatic carbocycles. The molecule has 1 aliphatic rings. The number of likely N-dealkylation sites (tertiary alicyclic amines) is 1. The molecular weight excluding hydrogens is 409 g/mol. The summed E-state index contributed by atoms with van der Waals surface area (Å²) in [5.41, 5.74) is 6.38. The van der Waals surface area contributed by atoms with Gasteiger partial charge in [0.25, 0.3) is 0 Å². The zero-order chi connectivity index (χ0) is 22.2. The topological polar surface area (TPSA) is 104 Å². The number of carboxylic acids is 1. The van der Waals surface area contributed by atoms with Gasteiger partial charge in [0.05, 0.1) is 16.9 Å². The number of amides is 1. The van der Waals surface area contributed by atoms with Gasteiger partial charge in [0.15, 0.2) is 0 Å². The fourth-order valence-corrected chi connectivity index (χ4v) is 4.08. The number of carboxylic acid groups (broad SMARTS) is 1. The van der Waals surface area contributed by atoms with Crippen molar-refractivity contribution in [1.82, 2.24) is 4.90 Å². The van der Waals surface area contributed by atoms with Gasteiger partial charge in [0.1, 0.15) is 0 Å².